The smallest absolute Gasteiger partial charge is 0.170 e. The maximum Gasteiger partial charge on any atom is 0.170 e. The summed E-state index contributed by atoms with van der Waals surface area (Å²) in [5.41, 5.74) is -0.354. The van der Waals surface area contributed by atoms with Crippen molar-refractivity contribution in [1.29, 1.82) is 0 Å². The van der Waals surface area contributed by atoms with E-state index in [1.165, 1.54) is 38.5 Å². The van der Waals surface area contributed by atoms with Gasteiger partial charge < -0.3 is 34.5 Å². The number of hydrogen-bond donors (Lipinski definition) is 3. The van der Waals surface area contributed by atoms with E-state index < -0.39 is 17.8 Å². The van der Waals surface area contributed by atoms with Crippen LogP contribution in [0.15, 0.2) is 0 Å². The maximum absolute atomic E-state index is 12.5. The van der Waals surface area contributed by atoms with E-state index in [4.69, 9.17) is 18.9 Å². The zero-order valence-corrected chi connectivity index (χ0v) is 28.3. The lowest BCUT2D eigenvalue weighted by Crippen LogP contribution is -2.60. The lowest BCUT2D eigenvalue weighted by molar-refractivity contribution is -0.237. The van der Waals surface area contributed by atoms with Gasteiger partial charge in [0.2, 0.25) is 0 Å². The molecule has 7 rings (SSSR count). The van der Waals surface area contributed by atoms with Crippen LogP contribution in [0, 0.1) is 50.7 Å². The first-order valence-electron chi connectivity index (χ1n) is 17.8. The van der Waals surface area contributed by atoms with Crippen molar-refractivity contribution in [3.8, 4) is 0 Å². The molecule has 3 N–H and O–H groups in total. The molecule has 0 aromatic rings. The van der Waals surface area contributed by atoms with Gasteiger partial charge in [0.25, 0.3) is 0 Å². The molecule has 7 fully saturated rings. The van der Waals surface area contributed by atoms with Crippen LogP contribution in [0.25, 0.3) is 0 Å². The topological polar surface area (TPSA) is 89.4 Å². The lowest BCUT2D eigenvalue weighted by Gasteiger charge is -2.64. The molecule has 14 atom stereocenters. The van der Waals surface area contributed by atoms with E-state index in [1.54, 1.807) is 0 Å². The number of fused-ring (bicyclic) bond motifs is 4. The highest BCUT2D eigenvalue weighted by molar-refractivity contribution is 5.33. The van der Waals surface area contributed by atoms with Crippen LogP contribution in [0.1, 0.15) is 107 Å². The van der Waals surface area contributed by atoms with Gasteiger partial charge in [0, 0.05) is 25.1 Å². The molecule has 4 unspecified atom stereocenters. The fraction of sp³-hybridized carbons (Fsp3) is 1.00. The third-order valence-electron chi connectivity index (χ3n) is 15.4. The van der Waals surface area contributed by atoms with Crippen molar-refractivity contribution in [3.63, 3.8) is 0 Å². The van der Waals surface area contributed by atoms with E-state index in [0.29, 0.717) is 41.1 Å². The van der Waals surface area contributed by atoms with Crippen LogP contribution in [-0.4, -0.2) is 78.9 Å². The second kappa shape index (κ2) is 10.1. The predicted molar refractivity (Wildman–Crippen MR) is 165 cm³/mol. The van der Waals surface area contributed by atoms with Gasteiger partial charge in [0.15, 0.2) is 6.29 Å². The predicted octanol–water partition coefficient (Wildman–Crippen LogP) is 5.31. The summed E-state index contributed by atoms with van der Waals surface area (Å²) < 4.78 is 25.7. The van der Waals surface area contributed by atoms with Crippen LogP contribution in [-0.2, 0) is 18.9 Å². The molecular weight excluding hydrogens is 542 g/mol. The summed E-state index contributed by atoms with van der Waals surface area (Å²) in [6.07, 6.45) is 8.19. The van der Waals surface area contributed by atoms with E-state index in [2.05, 4.69) is 39.9 Å². The zero-order chi connectivity index (χ0) is 30.8. The van der Waals surface area contributed by atoms with Crippen LogP contribution in [0.3, 0.4) is 0 Å². The molecule has 43 heavy (non-hydrogen) atoms. The highest BCUT2D eigenvalue weighted by atomic mass is 16.7. The molecule has 2 saturated heterocycles. The van der Waals surface area contributed by atoms with Crippen molar-refractivity contribution in [1.82, 2.24) is 5.32 Å². The van der Waals surface area contributed by atoms with Crippen molar-refractivity contribution in [2.24, 2.45) is 50.7 Å². The average Bonchev–Trinajstić information content (AvgIpc) is 3.58. The first-order valence-corrected chi connectivity index (χ1v) is 17.8. The standard InChI is InChI=1S/C36H61NO6/c1-9-40-30(32(5,6)39)22-18-21(2)27-28(42-22)29(38)34(8)24-11-10-23-31(3,4)25(43-26-19-37-16-17-41-26)12-13-35(23)20-36(24,35)15-14-33(27,34)7/h21-30,37-39H,9-20H2,1-8H3/t21-,22?,23+,24?,25+,26+,27+,28?,29+,30+,33-,34-,35-,36?/m1/s1. The molecule has 2 spiro atoms. The van der Waals surface area contributed by atoms with Gasteiger partial charge in [0.1, 0.15) is 6.10 Å². The summed E-state index contributed by atoms with van der Waals surface area (Å²) >= 11 is 0. The SMILES string of the molecule is CCO[C@@H](C1C[C@@H](C)[C@H]2C(O1)[C@H](O)[C@@]1(C)C3CC[C@H]4C(C)(C)[C@@H](O[C@H]5CNCCO5)CC[C@@]45CC35CC[C@]21C)C(C)(C)O. The van der Waals surface area contributed by atoms with Crippen molar-refractivity contribution in [3.05, 3.63) is 0 Å². The fourth-order valence-corrected chi connectivity index (χ4v) is 13.5. The molecule has 0 aromatic carbocycles. The summed E-state index contributed by atoms with van der Waals surface area (Å²) in [6.45, 7) is 20.9. The second-order valence-corrected chi connectivity index (χ2v) is 17.7. The van der Waals surface area contributed by atoms with E-state index >= 15 is 0 Å². The number of aliphatic hydroxyl groups is 2. The molecule has 0 bridgehead atoms. The van der Waals surface area contributed by atoms with Crippen molar-refractivity contribution >= 4 is 0 Å². The van der Waals surface area contributed by atoms with Crippen LogP contribution in [0.2, 0.25) is 0 Å². The van der Waals surface area contributed by atoms with Gasteiger partial charge in [-0.2, -0.15) is 0 Å². The Morgan fingerprint density at radius 3 is 2.42 bits per heavy atom. The van der Waals surface area contributed by atoms with Gasteiger partial charge in [-0.3, -0.25) is 0 Å². The highest BCUT2D eigenvalue weighted by Gasteiger charge is 2.84. The Kier molecular flexibility index (Phi) is 7.37. The number of ether oxygens (including phenoxy) is 4. The Morgan fingerprint density at radius 1 is 1.02 bits per heavy atom. The minimum atomic E-state index is -1.00. The van der Waals surface area contributed by atoms with Crippen LogP contribution >= 0.6 is 0 Å². The van der Waals surface area contributed by atoms with Gasteiger partial charge in [-0.25, -0.2) is 0 Å². The third-order valence-corrected chi connectivity index (χ3v) is 15.4. The van der Waals surface area contributed by atoms with E-state index in [9.17, 15) is 10.2 Å². The molecule has 0 radical (unpaired) electrons. The summed E-state index contributed by atoms with van der Waals surface area (Å²) in [5, 5.41) is 27.0. The molecule has 7 heteroatoms. The molecule has 5 saturated carbocycles. The molecule has 0 amide bonds. The summed E-state index contributed by atoms with van der Waals surface area (Å²) in [5.74, 6) is 1.89. The Labute approximate surface area is 260 Å². The van der Waals surface area contributed by atoms with E-state index in [-0.39, 0.29) is 40.8 Å². The molecule has 246 valence electrons. The monoisotopic (exact) mass is 603 g/mol. The van der Waals surface area contributed by atoms with Crippen LogP contribution in [0.4, 0.5) is 0 Å². The number of rotatable bonds is 6. The van der Waals surface area contributed by atoms with Crippen LogP contribution in [0.5, 0.6) is 0 Å². The Bertz CT molecular complexity index is 1070. The minimum absolute atomic E-state index is 0.0327. The molecule has 2 aliphatic heterocycles. The normalized spacial score (nSPS) is 54.4. The summed E-state index contributed by atoms with van der Waals surface area (Å²) in [4.78, 5) is 0. The quantitative estimate of drug-likeness (QED) is 0.379. The maximum atomic E-state index is 12.5. The second-order valence-electron chi connectivity index (χ2n) is 17.7. The van der Waals surface area contributed by atoms with E-state index in [1.807, 2.05) is 20.8 Å². The highest BCUT2D eigenvalue weighted by Crippen LogP contribution is 2.89. The van der Waals surface area contributed by atoms with Crippen molar-refractivity contribution in [2.45, 2.75) is 149 Å². The Balaban J connectivity index is 1.16. The van der Waals surface area contributed by atoms with Crippen LogP contribution < -0.4 is 5.32 Å². The molecule has 2 heterocycles. The average molecular weight is 604 g/mol. The largest absolute Gasteiger partial charge is 0.390 e. The summed E-state index contributed by atoms with van der Waals surface area (Å²) in [6, 6.07) is 0. The van der Waals surface area contributed by atoms with Crippen molar-refractivity contribution < 1.29 is 29.2 Å². The van der Waals surface area contributed by atoms with Gasteiger partial charge >= 0.3 is 0 Å². The number of nitrogens with one attached hydrogen (secondary N) is 1. The third kappa shape index (κ3) is 4.10. The van der Waals surface area contributed by atoms with Crippen molar-refractivity contribution in [2.75, 3.05) is 26.3 Å². The lowest BCUT2D eigenvalue weighted by atomic mass is 9.41. The fourth-order valence-electron chi connectivity index (χ4n) is 13.5. The number of hydrogen-bond acceptors (Lipinski definition) is 7. The van der Waals surface area contributed by atoms with Gasteiger partial charge in [0.05, 0.1) is 36.6 Å². The number of aliphatic hydroxyl groups excluding tert-OH is 1. The zero-order valence-electron chi connectivity index (χ0n) is 28.3. The summed E-state index contributed by atoms with van der Waals surface area (Å²) in [7, 11) is 0. The molecule has 7 nitrogen and oxygen atoms in total. The van der Waals surface area contributed by atoms with Gasteiger partial charge in [-0.15, -0.1) is 0 Å². The molecule has 0 aromatic heterocycles. The molecule has 5 aliphatic carbocycles. The molecular formula is C36H61NO6. The van der Waals surface area contributed by atoms with E-state index in [0.717, 1.165) is 32.5 Å². The van der Waals surface area contributed by atoms with Gasteiger partial charge in [-0.1, -0.05) is 34.6 Å². The number of morpholine rings is 1. The first kappa shape index (κ1) is 31.3. The minimum Gasteiger partial charge on any atom is -0.390 e. The Morgan fingerprint density at radius 2 is 1.74 bits per heavy atom. The molecule has 7 aliphatic rings. The Hall–Kier alpha value is -0.280. The first-order chi connectivity index (χ1) is 20.2. The van der Waals surface area contributed by atoms with Gasteiger partial charge in [-0.05, 0) is 117 Å².